The van der Waals surface area contributed by atoms with E-state index in [2.05, 4.69) is 5.32 Å². The standard InChI is InChI=1S/C10H15NO/c1-8(11-2)10(12)9-6-4-3-5-7-9/h3-8,10-12H,1-2H3/p+1/t8-,10+/m0/s1. The molecule has 0 amide bonds. The van der Waals surface area contributed by atoms with E-state index in [-0.39, 0.29) is 7.47 Å². The third-order valence-corrected chi connectivity index (χ3v) is 2.07. The van der Waals surface area contributed by atoms with Crippen LogP contribution in [0.2, 0.25) is 0 Å². The van der Waals surface area contributed by atoms with Gasteiger partial charge in [-0.05, 0) is 19.5 Å². The molecule has 0 aliphatic rings. The van der Waals surface area contributed by atoms with Crippen molar-refractivity contribution < 1.29 is 6.53 Å². The minimum atomic E-state index is -0.420. The van der Waals surface area contributed by atoms with Gasteiger partial charge in [0.05, 0.1) is 6.10 Å². The van der Waals surface area contributed by atoms with Crippen molar-refractivity contribution in [3.05, 3.63) is 35.9 Å². The Bertz CT molecular complexity index is 228. The Morgan fingerprint density at radius 2 is 1.92 bits per heavy atom. The van der Waals surface area contributed by atoms with E-state index in [1.165, 1.54) is 0 Å². The number of aliphatic hydroxyl groups excluding tert-OH is 1. The Morgan fingerprint density at radius 1 is 1.33 bits per heavy atom. The summed E-state index contributed by atoms with van der Waals surface area (Å²) in [5.41, 5.74) is 0.958. The summed E-state index contributed by atoms with van der Waals surface area (Å²) in [4.78, 5) is 0. The van der Waals surface area contributed by atoms with Crippen LogP contribution in [0.15, 0.2) is 30.3 Å². The van der Waals surface area contributed by atoms with Crippen molar-refractivity contribution in [2.24, 2.45) is 0 Å². The van der Waals surface area contributed by atoms with Gasteiger partial charge in [-0.15, -0.1) is 0 Å². The zero-order valence-electron chi connectivity index (χ0n) is 8.49. The molecule has 1 rings (SSSR count). The molecule has 0 bridgehead atoms. The number of nitrogens with one attached hydrogen (secondary N) is 1. The van der Waals surface area contributed by atoms with Gasteiger partial charge in [-0.25, -0.2) is 0 Å². The van der Waals surface area contributed by atoms with E-state index >= 15 is 0 Å². The first-order chi connectivity index (χ1) is 5.75. The zero-order valence-corrected chi connectivity index (χ0v) is 7.49. The first-order valence-electron chi connectivity index (χ1n) is 4.16. The molecule has 12 heavy (non-hydrogen) atoms. The molecule has 0 aliphatic carbocycles. The Hall–Kier alpha value is -0.860. The highest BCUT2D eigenvalue weighted by Gasteiger charge is 2.12. The van der Waals surface area contributed by atoms with Crippen LogP contribution in [0.1, 0.15) is 20.0 Å². The number of rotatable bonds is 3. The Labute approximate surface area is 74.7 Å². The highest BCUT2D eigenvalue weighted by molar-refractivity contribution is 5.18. The highest BCUT2D eigenvalue weighted by atomic mass is 16.3. The molecule has 1 aromatic carbocycles. The first kappa shape index (κ1) is 9.23. The molecule has 0 aromatic heterocycles. The molecule has 0 saturated heterocycles. The van der Waals surface area contributed by atoms with Gasteiger partial charge in [0.25, 0.3) is 0 Å². The van der Waals surface area contributed by atoms with Crippen molar-refractivity contribution in [1.29, 1.82) is 0 Å². The fraction of sp³-hybridized carbons (Fsp3) is 0.400. The van der Waals surface area contributed by atoms with Crippen LogP contribution in [0.25, 0.3) is 0 Å². The molecule has 0 radical (unpaired) electrons. The van der Waals surface area contributed by atoms with Crippen molar-refractivity contribution in [3.63, 3.8) is 0 Å². The first-order valence-corrected chi connectivity index (χ1v) is 4.16. The summed E-state index contributed by atoms with van der Waals surface area (Å²) in [5.74, 6) is 0. The normalized spacial score (nSPS) is 15.6. The molecule has 0 saturated carbocycles. The zero-order chi connectivity index (χ0) is 8.97. The summed E-state index contributed by atoms with van der Waals surface area (Å²) in [7, 11) is 1.84. The lowest BCUT2D eigenvalue weighted by atomic mass is 10.0. The molecule has 2 N–H and O–H groups in total. The molecule has 2 heteroatoms. The van der Waals surface area contributed by atoms with Gasteiger partial charge < -0.3 is 10.4 Å². The van der Waals surface area contributed by atoms with E-state index in [4.69, 9.17) is 0 Å². The second-order valence-corrected chi connectivity index (χ2v) is 2.93. The van der Waals surface area contributed by atoms with Crippen LogP contribution in [0, 0.1) is 0 Å². The SMILES string of the molecule is CN[C@@H](C)[C@@H](O)c1ccccc1.[H+]. The van der Waals surface area contributed by atoms with Crippen molar-refractivity contribution in [1.82, 2.24) is 5.32 Å². The Kier molecular flexibility index (Phi) is 3.26. The monoisotopic (exact) mass is 166 g/mol. The predicted molar refractivity (Wildman–Crippen MR) is 51.0 cm³/mol. The molecule has 1 aromatic rings. The summed E-state index contributed by atoms with van der Waals surface area (Å²) >= 11 is 0. The summed E-state index contributed by atoms with van der Waals surface area (Å²) in [6.07, 6.45) is -0.420. The molecule has 2 atom stereocenters. The number of hydrogen-bond acceptors (Lipinski definition) is 2. The number of hydrogen-bond donors (Lipinski definition) is 2. The van der Waals surface area contributed by atoms with Gasteiger partial charge >= 0.3 is 1.43 Å². The van der Waals surface area contributed by atoms with E-state index in [1.807, 2.05) is 44.3 Å². The lowest BCUT2D eigenvalue weighted by Crippen LogP contribution is -2.28. The molecule has 0 heterocycles. The molecular weight excluding hydrogens is 150 g/mol. The fourth-order valence-electron chi connectivity index (χ4n) is 1.10. The Morgan fingerprint density at radius 3 is 2.42 bits per heavy atom. The van der Waals surface area contributed by atoms with E-state index in [0.717, 1.165) is 5.56 Å². The van der Waals surface area contributed by atoms with Gasteiger partial charge in [-0.2, -0.15) is 0 Å². The van der Waals surface area contributed by atoms with Crippen LogP contribution >= 0.6 is 0 Å². The maximum absolute atomic E-state index is 9.73. The van der Waals surface area contributed by atoms with Crippen molar-refractivity contribution in [2.45, 2.75) is 19.1 Å². The molecule has 0 spiro atoms. The minimum absolute atomic E-state index is 0. The van der Waals surface area contributed by atoms with Gasteiger partial charge in [0.1, 0.15) is 0 Å². The molecule has 0 aliphatic heterocycles. The molecule has 66 valence electrons. The van der Waals surface area contributed by atoms with Crippen LogP contribution in [-0.2, 0) is 0 Å². The van der Waals surface area contributed by atoms with E-state index in [1.54, 1.807) is 0 Å². The number of likely N-dealkylation sites (N-methyl/N-ethyl adjacent to an activating group) is 1. The Balaban J connectivity index is 0.00000144. The van der Waals surface area contributed by atoms with Gasteiger partial charge in [0, 0.05) is 6.04 Å². The summed E-state index contributed by atoms with van der Waals surface area (Å²) < 4.78 is 0. The maximum Gasteiger partial charge on any atom is 1.00 e. The van der Waals surface area contributed by atoms with Crippen molar-refractivity contribution in [2.75, 3.05) is 7.05 Å². The molecule has 0 unspecified atom stereocenters. The van der Waals surface area contributed by atoms with Gasteiger partial charge in [0.2, 0.25) is 0 Å². The van der Waals surface area contributed by atoms with Crippen LogP contribution in [0.5, 0.6) is 0 Å². The summed E-state index contributed by atoms with van der Waals surface area (Å²) in [6.45, 7) is 1.96. The van der Waals surface area contributed by atoms with Crippen LogP contribution in [0.3, 0.4) is 0 Å². The minimum Gasteiger partial charge on any atom is -0.387 e. The predicted octanol–water partition coefficient (Wildman–Crippen LogP) is 1.44. The lowest BCUT2D eigenvalue weighted by molar-refractivity contribution is 0.140. The summed E-state index contributed by atoms with van der Waals surface area (Å²) in [5, 5.41) is 12.7. The average molecular weight is 166 g/mol. The molecule has 2 nitrogen and oxygen atoms in total. The highest BCUT2D eigenvalue weighted by Crippen LogP contribution is 2.15. The quantitative estimate of drug-likeness (QED) is 0.712. The smallest absolute Gasteiger partial charge is 0.387 e. The van der Waals surface area contributed by atoms with Crippen LogP contribution < -0.4 is 5.32 Å². The average Bonchev–Trinajstić information content (AvgIpc) is 2.17. The van der Waals surface area contributed by atoms with Crippen molar-refractivity contribution in [3.8, 4) is 0 Å². The number of benzene rings is 1. The maximum atomic E-state index is 9.73. The van der Waals surface area contributed by atoms with Crippen LogP contribution in [0.4, 0.5) is 0 Å². The topological polar surface area (TPSA) is 32.3 Å². The lowest BCUT2D eigenvalue weighted by Gasteiger charge is -2.17. The summed E-state index contributed by atoms with van der Waals surface area (Å²) in [6, 6.07) is 9.76. The third kappa shape index (κ3) is 2.06. The fourth-order valence-corrected chi connectivity index (χ4v) is 1.10. The van der Waals surface area contributed by atoms with E-state index in [0.29, 0.717) is 0 Å². The second kappa shape index (κ2) is 4.24. The van der Waals surface area contributed by atoms with Crippen LogP contribution in [-0.4, -0.2) is 18.2 Å². The van der Waals surface area contributed by atoms with Gasteiger partial charge in [-0.1, -0.05) is 30.3 Å². The van der Waals surface area contributed by atoms with Gasteiger partial charge in [-0.3, -0.25) is 0 Å². The number of aliphatic hydroxyl groups is 1. The van der Waals surface area contributed by atoms with Gasteiger partial charge in [0.15, 0.2) is 0 Å². The third-order valence-electron chi connectivity index (χ3n) is 2.07. The second-order valence-electron chi connectivity index (χ2n) is 2.93. The van der Waals surface area contributed by atoms with E-state index in [9.17, 15) is 5.11 Å². The largest absolute Gasteiger partial charge is 1.00 e. The van der Waals surface area contributed by atoms with Crippen molar-refractivity contribution >= 4 is 0 Å². The molecule has 0 fully saturated rings. The molecular formula is C10H16NO+. The van der Waals surface area contributed by atoms with E-state index < -0.39 is 6.10 Å².